The van der Waals surface area contributed by atoms with Gasteiger partial charge in [-0.1, -0.05) is 42.5 Å². The van der Waals surface area contributed by atoms with E-state index < -0.39 is 47.2 Å². The largest absolute Gasteiger partial charge is 0.481 e. The molecule has 0 radical (unpaired) electrons. The summed E-state index contributed by atoms with van der Waals surface area (Å²) in [4.78, 5) is 58.0. The van der Waals surface area contributed by atoms with Gasteiger partial charge < -0.3 is 30.5 Å². The van der Waals surface area contributed by atoms with Crippen molar-refractivity contribution in [3.8, 4) is 0 Å². The van der Waals surface area contributed by atoms with E-state index in [-0.39, 0.29) is 29.4 Å². The lowest BCUT2D eigenvalue weighted by atomic mass is 9.80. The van der Waals surface area contributed by atoms with Crippen LogP contribution in [0.5, 0.6) is 0 Å². The molecule has 2 aromatic rings. The van der Waals surface area contributed by atoms with E-state index in [1.807, 2.05) is 18.2 Å². The third kappa shape index (κ3) is 9.45. The number of carboxylic acid groups (broad SMARTS) is 3. The third-order valence-corrected chi connectivity index (χ3v) is 7.35. The number of allylic oxidation sites excluding steroid dienone is 2. The number of aliphatic hydroxyl groups is 1. The Balaban J connectivity index is 0.000000535. The number of esters is 1. The average Bonchev–Trinajstić information content (AvgIpc) is 3.43. The molecular formula is C31H35N3O11. The number of rotatable bonds is 11. The molecule has 2 aromatic carbocycles. The molecule has 4 rings (SSSR count). The fourth-order valence-electron chi connectivity index (χ4n) is 5.26. The first-order chi connectivity index (χ1) is 21.3. The summed E-state index contributed by atoms with van der Waals surface area (Å²) < 4.78 is 5.71. The maximum absolute atomic E-state index is 13.3. The standard InChI is InChI=1S/C27H29N3O6.C4H6O5/c1-17-23(26(31)32)25(21-9-6-10-22(13-21)30(34)35)24(18(2)28-17)27(33)36-16-20-11-12-29(15-20)14-19-7-4-3-5-8-19;5-2(4(8)9)1-3(6)7/h3-10,13,20,25,28H,11-12,14-16H2,1-2H3,(H,31,32);2,5H,1H2,(H,6,7)(H,8,9)/t20-,25-;/m0./s1. The van der Waals surface area contributed by atoms with Gasteiger partial charge in [0, 0.05) is 42.5 Å². The molecular weight excluding hydrogens is 590 g/mol. The fraction of sp³-hybridized carbons (Fsp3) is 0.355. The molecule has 1 fully saturated rings. The van der Waals surface area contributed by atoms with Gasteiger partial charge in [0.1, 0.15) is 0 Å². The smallest absolute Gasteiger partial charge is 0.336 e. The number of hydrogen-bond donors (Lipinski definition) is 5. The molecule has 3 atom stereocenters. The van der Waals surface area contributed by atoms with Gasteiger partial charge in [-0.25, -0.2) is 14.4 Å². The molecule has 0 bridgehead atoms. The molecule has 0 spiro atoms. The van der Waals surface area contributed by atoms with E-state index in [0.717, 1.165) is 26.1 Å². The first-order valence-corrected chi connectivity index (χ1v) is 14.0. The van der Waals surface area contributed by atoms with Crippen LogP contribution in [0.4, 0.5) is 5.69 Å². The summed E-state index contributed by atoms with van der Waals surface area (Å²) >= 11 is 0. The molecule has 14 heteroatoms. The first-order valence-electron chi connectivity index (χ1n) is 14.0. The lowest BCUT2D eigenvalue weighted by molar-refractivity contribution is -0.384. The fourth-order valence-corrected chi connectivity index (χ4v) is 5.26. The Kier molecular flexibility index (Phi) is 11.9. The number of non-ortho nitro benzene ring substituents is 1. The van der Waals surface area contributed by atoms with Crippen LogP contribution in [0.3, 0.4) is 0 Å². The molecule has 2 heterocycles. The van der Waals surface area contributed by atoms with Crippen molar-refractivity contribution in [1.82, 2.24) is 10.2 Å². The van der Waals surface area contributed by atoms with Gasteiger partial charge in [0.05, 0.1) is 35.0 Å². The van der Waals surface area contributed by atoms with E-state index in [1.165, 1.54) is 23.8 Å². The van der Waals surface area contributed by atoms with Crippen LogP contribution < -0.4 is 5.32 Å². The van der Waals surface area contributed by atoms with Crippen LogP contribution in [0.15, 0.2) is 77.1 Å². The zero-order valence-electron chi connectivity index (χ0n) is 24.7. The van der Waals surface area contributed by atoms with Crippen molar-refractivity contribution in [3.05, 3.63) is 98.4 Å². The van der Waals surface area contributed by atoms with Crippen molar-refractivity contribution in [2.24, 2.45) is 5.92 Å². The van der Waals surface area contributed by atoms with Gasteiger partial charge in [0.15, 0.2) is 6.10 Å². The quantitative estimate of drug-likeness (QED) is 0.138. The molecule has 0 amide bonds. The van der Waals surface area contributed by atoms with Crippen molar-refractivity contribution >= 4 is 29.6 Å². The van der Waals surface area contributed by atoms with Gasteiger partial charge in [0.2, 0.25) is 0 Å². The van der Waals surface area contributed by atoms with E-state index in [0.29, 0.717) is 17.0 Å². The van der Waals surface area contributed by atoms with Crippen LogP contribution in [0.25, 0.3) is 0 Å². The number of nitro benzene ring substituents is 1. The molecule has 1 unspecified atom stereocenters. The van der Waals surface area contributed by atoms with Crippen molar-refractivity contribution in [2.75, 3.05) is 19.7 Å². The van der Waals surface area contributed by atoms with E-state index >= 15 is 0 Å². The summed E-state index contributed by atoms with van der Waals surface area (Å²) in [5.74, 6) is -5.50. The van der Waals surface area contributed by atoms with Crippen molar-refractivity contribution in [2.45, 2.75) is 45.3 Å². The zero-order chi connectivity index (χ0) is 33.3. The highest BCUT2D eigenvalue weighted by Crippen LogP contribution is 2.39. The monoisotopic (exact) mass is 625 g/mol. The summed E-state index contributed by atoms with van der Waals surface area (Å²) in [6, 6.07) is 15.9. The summed E-state index contributed by atoms with van der Waals surface area (Å²) in [6.07, 6.45) is -1.65. The Labute approximate surface area is 258 Å². The maximum Gasteiger partial charge on any atom is 0.336 e. The molecule has 45 heavy (non-hydrogen) atoms. The lowest BCUT2D eigenvalue weighted by Crippen LogP contribution is -2.32. The van der Waals surface area contributed by atoms with Crippen molar-refractivity contribution < 1.29 is 49.3 Å². The Hall–Kier alpha value is -5.08. The number of carboxylic acids is 3. The van der Waals surface area contributed by atoms with Gasteiger partial charge >= 0.3 is 23.9 Å². The summed E-state index contributed by atoms with van der Waals surface area (Å²) in [5, 5.41) is 48.4. The predicted molar refractivity (Wildman–Crippen MR) is 159 cm³/mol. The number of benzene rings is 2. The molecule has 240 valence electrons. The predicted octanol–water partition coefficient (Wildman–Crippen LogP) is 2.89. The topological polar surface area (TPSA) is 217 Å². The number of nitrogens with one attached hydrogen (secondary N) is 1. The van der Waals surface area contributed by atoms with Gasteiger partial charge in [-0.3, -0.25) is 19.8 Å². The Morgan fingerprint density at radius 3 is 2.27 bits per heavy atom. The number of carbonyl (C=O) groups is 4. The molecule has 5 N–H and O–H groups in total. The minimum atomic E-state index is -1.79. The normalized spacial score (nSPS) is 18.7. The number of ether oxygens (including phenoxy) is 1. The molecule has 1 saturated heterocycles. The number of carbonyl (C=O) groups excluding carboxylic acids is 1. The summed E-state index contributed by atoms with van der Waals surface area (Å²) in [6.45, 7) is 6.04. The Morgan fingerprint density at radius 2 is 1.69 bits per heavy atom. The van der Waals surface area contributed by atoms with Crippen LogP contribution in [0, 0.1) is 16.0 Å². The second kappa shape index (κ2) is 15.6. The SMILES string of the molecule is CC1=C(C(=O)O)[C@H](c2cccc([N+](=O)[O-])c2)C(C(=O)OC[C@H]2CCN(Cc3ccccc3)C2)=C(C)N1.O=C(O)CC(O)C(=O)O. The van der Waals surface area contributed by atoms with Crippen LogP contribution in [0.2, 0.25) is 0 Å². The second-order valence-corrected chi connectivity index (χ2v) is 10.7. The first kappa shape index (κ1) is 34.4. The summed E-state index contributed by atoms with van der Waals surface area (Å²) in [5.41, 5.74) is 2.36. The molecule has 14 nitrogen and oxygen atoms in total. The van der Waals surface area contributed by atoms with Gasteiger partial charge in [-0.2, -0.15) is 0 Å². The van der Waals surface area contributed by atoms with E-state index in [2.05, 4.69) is 22.3 Å². The highest BCUT2D eigenvalue weighted by atomic mass is 16.6. The van der Waals surface area contributed by atoms with Crippen molar-refractivity contribution in [1.29, 1.82) is 0 Å². The number of likely N-dealkylation sites (tertiary alicyclic amines) is 1. The van der Waals surface area contributed by atoms with Gasteiger partial charge in [-0.05, 0) is 37.9 Å². The molecule has 2 aliphatic rings. The molecule has 0 aliphatic carbocycles. The van der Waals surface area contributed by atoms with E-state index in [1.54, 1.807) is 19.9 Å². The average molecular weight is 626 g/mol. The van der Waals surface area contributed by atoms with Crippen LogP contribution in [0.1, 0.15) is 43.7 Å². The van der Waals surface area contributed by atoms with Crippen LogP contribution >= 0.6 is 0 Å². The highest BCUT2D eigenvalue weighted by molar-refractivity contribution is 5.99. The third-order valence-electron chi connectivity index (χ3n) is 7.35. The Morgan fingerprint density at radius 1 is 1.02 bits per heavy atom. The number of aliphatic hydroxyl groups excluding tert-OH is 1. The van der Waals surface area contributed by atoms with Gasteiger partial charge in [0.25, 0.3) is 5.69 Å². The molecule has 2 aliphatic heterocycles. The molecule has 0 saturated carbocycles. The van der Waals surface area contributed by atoms with Gasteiger partial charge in [-0.15, -0.1) is 0 Å². The van der Waals surface area contributed by atoms with Crippen molar-refractivity contribution in [3.63, 3.8) is 0 Å². The van der Waals surface area contributed by atoms with Crippen LogP contribution in [-0.2, 0) is 30.5 Å². The molecule has 0 aromatic heterocycles. The number of nitro groups is 1. The second-order valence-electron chi connectivity index (χ2n) is 10.7. The lowest BCUT2D eigenvalue weighted by Gasteiger charge is -2.29. The number of aliphatic carboxylic acids is 3. The van der Waals surface area contributed by atoms with E-state index in [4.69, 9.17) is 20.1 Å². The maximum atomic E-state index is 13.3. The minimum absolute atomic E-state index is 0.0389. The zero-order valence-corrected chi connectivity index (χ0v) is 24.7. The minimum Gasteiger partial charge on any atom is -0.481 e. The van der Waals surface area contributed by atoms with E-state index in [9.17, 15) is 34.4 Å². The Bertz CT molecular complexity index is 1500. The summed E-state index contributed by atoms with van der Waals surface area (Å²) in [7, 11) is 0. The number of hydrogen-bond acceptors (Lipinski definition) is 10. The van der Waals surface area contributed by atoms with Crippen LogP contribution in [-0.4, -0.2) is 79.9 Å². The highest BCUT2D eigenvalue weighted by Gasteiger charge is 2.38. The number of nitrogens with zero attached hydrogens (tertiary/aromatic N) is 2. The number of dihydropyridines is 1.